The number of anilines is 1. The molecule has 0 saturated carbocycles. The van der Waals surface area contributed by atoms with Gasteiger partial charge < -0.3 is 4.90 Å². The predicted octanol–water partition coefficient (Wildman–Crippen LogP) is 6.11. The highest BCUT2D eigenvalue weighted by molar-refractivity contribution is 6.42. The lowest BCUT2D eigenvalue weighted by molar-refractivity contribution is -0.141. The van der Waals surface area contributed by atoms with Crippen LogP contribution in [0, 0.1) is 5.92 Å². The van der Waals surface area contributed by atoms with Crippen LogP contribution in [-0.4, -0.2) is 27.9 Å². The van der Waals surface area contributed by atoms with Gasteiger partial charge in [0, 0.05) is 24.0 Å². The monoisotopic (exact) mass is 492 g/mol. The normalized spacial score (nSPS) is 19.8. The first-order valence-electron chi connectivity index (χ1n) is 10.2. The standard InChI is InChI=1S/C23H17Cl2F3N4O/c1-12-20(22(33)31-9-8-13-4-2-3-5-17(13)31)21(14-6-7-15(24)16(25)10-14)32-19(29-12)11-18(30-32)23(26,27)28/h2-7,10-11,20-21H,8-9H2,1H3. The van der Waals surface area contributed by atoms with Crippen molar-refractivity contribution < 1.29 is 18.0 Å². The Balaban J connectivity index is 1.65. The summed E-state index contributed by atoms with van der Waals surface area (Å²) in [6.45, 7) is 2.13. The highest BCUT2D eigenvalue weighted by Crippen LogP contribution is 2.42. The van der Waals surface area contributed by atoms with E-state index in [9.17, 15) is 18.0 Å². The van der Waals surface area contributed by atoms with E-state index in [2.05, 4.69) is 10.1 Å². The van der Waals surface area contributed by atoms with Gasteiger partial charge in [0.15, 0.2) is 11.5 Å². The van der Waals surface area contributed by atoms with E-state index in [1.165, 1.54) is 4.68 Å². The van der Waals surface area contributed by atoms with Crippen LogP contribution in [0.25, 0.3) is 0 Å². The van der Waals surface area contributed by atoms with Crippen LogP contribution in [0.3, 0.4) is 0 Å². The van der Waals surface area contributed by atoms with Crippen molar-refractivity contribution in [3.63, 3.8) is 0 Å². The number of carbonyl (C=O) groups is 1. The number of fused-ring (bicyclic) bond motifs is 2. The molecule has 2 aliphatic rings. The SMILES string of the molecule is CC1=Nc2cc(C(F)(F)F)nn2C(c2ccc(Cl)c(Cl)c2)C1C(=O)N1CCc2ccccc21. The van der Waals surface area contributed by atoms with Crippen LogP contribution in [0.2, 0.25) is 10.0 Å². The first-order chi connectivity index (χ1) is 15.6. The second-order valence-corrected chi connectivity index (χ2v) is 8.86. The molecule has 2 unspecified atom stereocenters. The zero-order valence-corrected chi connectivity index (χ0v) is 18.8. The topological polar surface area (TPSA) is 50.5 Å². The number of rotatable bonds is 2. The van der Waals surface area contributed by atoms with Gasteiger partial charge >= 0.3 is 6.18 Å². The Labute approximate surface area is 197 Å². The van der Waals surface area contributed by atoms with Crippen LogP contribution >= 0.6 is 23.2 Å². The molecule has 0 spiro atoms. The minimum Gasteiger partial charge on any atom is -0.311 e. The van der Waals surface area contributed by atoms with Gasteiger partial charge in [-0.15, -0.1) is 0 Å². The molecule has 0 bridgehead atoms. The maximum absolute atomic E-state index is 13.8. The molecule has 2 aliphatic heterocycles. The summed E-state index contributed by atoms with van der Waals surface area (Å²) in [5, 5.41) is 4.34. The summed E-state index contributed by atoms with van der Waals surface area (Å²) >= 11 is 12.3. The Bertz CT molecular complexity index is 1300. The predicted molar refractivity (Wildman–Crippen MR) is 121 cm³/mol. The van der Waals surface area contributed by atoms with Gasteiger partial charge in [-0.2, -0.15) is 18.3 Å². The van der Waals surface area contributed by atoms with Crippen LogP contribution < -0.4 is 4.90 Å². The minimum absolute atomic E-state index is 0.0294. The smallest absolute Gasteiger partial charge is 0.311 e. The Morgan fingerprint density at radius 3 is 2.58 bits per heavy atom. The summed E-state index contributed by atoms with van der Waals surface area (Å²) in [5.41, 5.74) is 1.69. The van der Waals surface area contributed by atoms with Crippen molar-refractivity contribution in [1.29, 1.82) is 0 Å². The largest absolute Gasteiger partial charge is 0.435 e. The van der Waals surface area contributed by atoms with Crippen LogP contribution in [0.4, 0.5) is 24.7 Å². The molecule has 0 radical (unpaired) electrons. The minimum atomic E-state index is -4.65. The van der Waals surface area contributed by atoms with Crippen molar-refractivity contribution in [1.82, 2.24) is 9.78 Å². The van der Waals surface area contributed by atoms with Crippen molar-refractivity contribution in [2.75, 3.05) is 11.4 Å². The van der Waals surface area contributed by atoms with Gasteiger partial charge in [0.05, 0.1) is 16.1 Å². The fourth-order valence-corrected chi connectivity index (χ4v) is 4.82. The first kappa shape index (κ1) is 22.0. The number of halogens is 5. The van der Waals surface area contributed by atoms with Crippen LogP contribution in [0.1, 0.15) is 29.8 Å². The maximum Gasteiger partial charge on any atom is 0.435 e. The number of nitrogens with zero attached hydrogens (tertiary/aromatic N) is 4. The fraction of sp³-hybridized carbons (Fsp3) is 0.261. The third-order valence-corrected chi connectivity index (χ3v) is 6.77. The summed E-state index contributed by atoms with van der Waals surface area (Å²) in [4.78, 5) is 19.9. The summed E-state index contributed by atoms with van der Waals surface area (Å²) in [6.07, 6.45) is -3.95. The number of para-hydroxylation sites is 1. The number of aliphatic imine (C=N–C) groups is 1. The number of aromatic nitrogens is 2. The number of hydrogen-bond donors (Lipinski definition) is 0. The van der Waals surface area contributed by atoms with E-state index in [4.69, 9.17) is 23.2 Å². The zero-order chi connectivity index (χ0) is 23.5. The molecule has 3 heterocycles. The van der Waals surface area contributed by atoms with Gasteiger partial charge in [-0.05, 0) is 42.7 Å². The molecule has 0 N–H and O–H groups in total. The van der Waals surface area contributed by atoms with Gasteiger partial charge in [-0.3, -0.25) is 4.79 Å². The zero-order valence-electron chi connectivity index (χ0n) is 17.3. The van der Waals surface area contributed by atoms with Crippen LogP contribution in [0.5, 0.6) is 0 Å². The van der Waals surface area contributed by atoms with E-state index >= 15 is 0 Å². The highest BCUT2D eigenvalue weighted by Gasteiger charge is 2.44. The molecule has 3 aromatic rings. The number of hydrogen-bond acceptors (Lipinski definition) is 3. The summed E-state index contributed by atoms with van der Waals surface area (Å²) in [5.74, 6) is -1.10. The number of benzene rings is 2. The number of carbonyl (C=O) groups excluding carboxylic acids is 1. The second-order valence-electron chi connectivity index (χ2n) is 8.05. The van der Waals surface area contributed by atoms with Crippen molar-refractivity contribution >= 4 is 46.3 Å². The van der Waals surface area contributed by atoms with Gasteiger partial charge in [0.2, 0.25) is 5.91 Å². The van der Waals surface area contributed by atoms with Gasteiger partial charge in [0.1, 0.15) is 5.92 Å². The molecule has 2 aromatic carbocycles. The van der Waals surface area contributed by atoms with E-state index in [1.54, 1.807) is 30.0 Å². The molecule has 0 fully saturated rings. The van der Waals surface area contributed by atoms with Crippen molar-refractivity contribution in [2.24, 2.45) is 10.9 Å². The van der Waals surface area contributed by atoms with Crippen molar-refractivity contribution in [2.45, 2.75) is 25.6 Å². The number of alkyl halides is 3. The van der Waals surface area contributed by atoms with E-state index in [0.717, 1.165) is 17.3 Å². The van der Waals surface area contributed by atoms with E-state index in [1.807, 2.05) is 24.3 Å². The van der Waals surface area contributed by atoms with E-state index in [-0.39, 0.29) is 16.7 Å². The molecular formula is C23H17Cl2F3N4O. The lowest BCUT2D eigenvalue weighted by Crippen LogP contribution is -2.44. The molecule has 2 atom stereocenters. The Kier molecular flexibility index (Phi) is 5.25. The molecule has 1 amide bonds. The third-order valence-electron chi connectivity index (χ3n) is 6.03. The first-order valence-corrected chi connectivity index (χ1v) is 11.0. The van der Waals surface area contributed by atoms with Gasteiger partial charge in [-0.1, -0.05) is 47.5 Å². The lowest BCUT2D eigenvalue weighted by atomic mass is 9.87. The van der Waals surface area contributed by atoms with Crippen LogP contribution in [-0.2, 0) is 17.4 Å². The summed E-state index contributed by atoms with van der Waals surface area (Å²) in [7, 11) is 0. The van der Waals surface area contributed by atoms with Crippen LogP contribution in [0.15, 0.2) is 53.5 Å². The second kappa shape index (κ2) is 7.88. The summed E-state index contributed by atoms with van der Waals surface area (Å²) < 4.78 is 41.5. The molecule has 5 rings (SSSR count). The Morgan fingerprint density at radius 1 is 1.09 bits per heavy atom. The van der Waals surface area contributed by atoms with Gasteiger partial charge in [0.25, 0.3) is 0 Å². The lowest BCUT2D eigenvalue weighted by Gasteiger charge is -2.34. The Hall–Kier alpha value is -2.84. The molecule has 33 heavy (non-hydrogen) atoms. The summed E-state index contributed by atoms with van der Waals surface area (Å²) in [6, 6.07) is 12.4. The molecule has 10 heteroatoms. The third kappa shape index (κ3) is 3.71. The fourth-order valence-electron chi connectivity index (χ4n) is 4.51. The quantitative estimate of drug-likeness (QED) is 0.433. The van der Waals surface area contributed by atoms with Crippen molar-refractivity contribution in [3.8, 4) is 0 Å². The maximum atomic E-state index is 13.8. The molecule has 170 valence electrons. The molecule has 5 nitrogen and oxygen atoms in total. The molecule has 0 aliphatic carbocycles. The highest BCUT2D eigenvalue weighted by atomic mass is 35.5. The molecule has 1 aromatic heterocycles. The molecular weight excluding hydrogens is 476 g/mol. The van der Waals surface area contributed by atoms with Crippen molar-refractivity contribution in [3.05, 3.63) is 75.4 Å². The average Bonchev–Trinajstić information content (AvgIpc) is 3.38. The number of amides is 1. The average molecular weight is 493 g/mol. The van der Waals surface area contributed by atoms with Gasteiger partial charge in [-0.25, -0.2) is 9.67 Å². The van der Waals surface area contributed by atoms with E-state index in [0.29, 0.717) is 29.3 Å². The molecule has 0 saturated heterocycles. The van der Waals surface area contributed by atoms with E-state index < -0.39 is 23.8 Å². The Morgan fingerprint density at radius 2 is 1.85 bits per heavy atom.